The van der Waals surface area contributed by atoms with Crippen LogP contribution in [0.4, 0.5) is 23.2 Å². The van der Waals surface area contributed by atoms with Gasteiger partial charge in [-0.2, -0.15) is 13.2 Å². The van der Waals surface area contributed by atoms with E-state index in [1.165, 1.54) is 7.11 Å². The largest absolute Gasteiger partial charge is 0.495 e. The van der Waals surface area contributed by atoms with Gasteiger partial charge in [-0.25, -0.2) is 4.39 Å². The molecule has 0 saturated carbocycles. The van der Waals surface area contributed by atoms with E-state index in [2.05, 4.69) is 10.6 Å². The average molecular weight is 372 g/mol. The fourth-order valence-electron chi connectivity index (χ4n) is 2.18. The van der Waals surface area contributed by atoms with Gasteiger partial charge in [0.05, 0.1) is 18.4 Å². The molecule has 0 spiro atoms. The molecule has 0 radical (unpaired) electrons. The van der Waals surface area contributed by atoms with Crippen LogP contribution in [-0.4, -0.2) is 12.2 Å². The zero-order valence-corrected chi connectivity index (χ0v) is 14.3. The minimum atomic E-state index is -4.61. The maximum Gasteiger partial charge on any atom is 0.416 e. The number of methoxy groups -OCH3 is 1. The van der Waals surface area contributed by atoms with Gasteiger partial charge in [-0.1, -0.05) is 6.07 Å². The van der Waals surface area contributed by atoms with E-state index < -0.39 is 17.6 Å². The Labute approximate surface area is 148 Å². The van der Waals surface area contributed by atoms with Gasteiger partial charge in [-0.3, -0.25) is 0 Å². The van der Waals surface area contributed by atoms with Crippen molar-refractivity contribution in [2.45, 2.75) is 19.6 Å². The predicted octanol–water partition coefficient (Wildman–Crippen LogP) is 4.65. The summed E-state index contributed by atoms with van der Waals surface area (Å²) in [6.45, 7) is 1.84. The monoisotopic (exact) mass is 372 g/mol. The Hall–Kier alpha value is -2.35. The molecule has 134 valence electrons. The Morgan fingerprint density at radius 1 is 1.16 bits per heavy atom. The predicted molar refractivity (Wildman–Crippen MR) is 92.2 cm³/mol. The third-order valence-electron chi connectivity index (χ3n) is 3.34. The minimum absolute atomic E-state index is 0.0548. The van der Waals surface area contributed by atoms with Gasteiger partial charge in [-0.15, -0.1) is 0 Å². The SMILES string of the molecule is COc1ccc(C)cc1NC(=S)NCc1cc(F)cc(C(F)(F)F)c1. The molecule has 25 heavy (non-hydrogen) atoms. The zero-order chi connectivity index (χ0) is 18.6. The number of hydrogen-bond donors (Lipinski definition) is 2. The first-order valence-electron chi connectivity index (χ1n) is 7.25. The molecule has 3 nitrogen and oxygen atoms in total. The van der Waals surface area contributed by atoms with Crippen LogP contribution in [-0.2, 0) is 12.7 Å². The summed E-state index contributed by atoms with van der Waals surface area (Å²) < 4.78 is 56.7. The molecule has 0 fully saturated rings. The molecule has 0 bridgehead atoms. The number of rotatable bonds is 4. The van der Waals surface area contributed by atoms with Crippen LogP contribution in [0, 0.1) is 12.7 Å². The van der Waals surface area contributed by atoms with E-state index in [9.17, 15) is 17.6 Å². The van der Waals surface area contributed by atoms with Crippen molar-refractivity contribution in [1.29, 1.82) is 0 Å². The Morgan fingerprint density at radius 3 is 2.52 bits per heavy atom. The van der Waals surface area contributed by atoms with E-state index in [1.54, 1.807) is 6.07 Å². The van der Waals surface area contributed by atoms with Crippen LogP contribution in [0.3, 0.4) is 0 Å². The van der Waals surface area contributed by atoms with Crippen molar-refractivity contribution in [3.05, 3.63) is 58.9 Å². The fourth-order valence-corrected chi connectivity index (χ4v) is 2.37. The lowest BCUT2D eigenvalue weighted by molar-refractivity contribution is -0.137. The van der Waals surface area contributed by atoms with E-state index in [-0.39, 0.29) is 17.2 Å². The van der Waals surface area contributed by atoms with E-state index in [4.69, 9.17) is 17.0 Å². The lowest BCUT2D eigenvalue weighted by atomic mass is 10.1. The molecule has 0 aliphatic carbocycles. The molecule has 0 saturated heterocycles. The van der Waals surface area contributed by atoms with Crippen molar-refractivity contribution in [3.63, 3.8) is 0 Å². The van der Waals surface area contributed by atoms with Gasteiger partial charge in [-0.05, 0) is 60.6 Å². The summed E-state index contributed by atoms with van der Waals surface area (Å²) in [5.74, 6) is -0.384. The Bertz CT molecular complexity index is 778. The number of anilines is 1. The Morgan fingerprint density at radius 2 is 1.88 bits per heavy atom. The maximum absolute atomic E-state index is 13.4. The first kappa shape index (κ1) is 19.0. The van der Waals surface area contributed by atoms with Crippen LogP contribution < -0.4 is 15.4 Å². The van der Waals surface area contributed by atoms with Crippen molar-refractivity contribution in [1.82, 2.24) is 5.32 Å². The number of ether oxygens (including phenoxy) is 1. The van der Waals surface area contributed by atoms with Gasteiger partial charge >= 0.3 is 6.18 Å². The molecule has 0 unspecified atom stereocenters. The van der Waals surface area contributed by atoms with Crippen LogP contribution in [0.25, 0.3) is 0 Å². The number of thiocarbonyl (C=S) groups is 1. The summed E-state index contributed by atoms with van der Waals surface area (Å²) >= 11 is 5.13. The van der Waals surface area contributed by atoms with Crippen LogP contribution in [0.1, 0.15) is 16.7 Å². The first-order valence-corrected chi connectivity index (χ1v) is 7.66. The zero-order valence-electron chi connectivity index (χ0n) is 13.5. The van der Waals surface area contributed by atoms with E-state index in [1.807, 2.05) is 19.1 Å². The maximum atomic E-state index is 13.4. The average Bonchev–Trinajstić information content (AvgIpc) is 2.52. The van der Waals surface area contributed by atoms with Gasteiger partial charge in [0.1, 0.15) is 11.6 Å². The molecular weight excluding hydrogens is 356 g/mol. The fraction of sp³-hybridized carbons (Fsp3) is 0.235. The van der Waals surface area contributed by atoms with Gasteiger partial charge in [0.25, 0.3) is 0 Å². The highest BCUT2D eigenvalue weighted by molar-refractivity contribution is 7.80. The highest BCUT2D eigenvalue weighted by atomic mass is 32.1. The summed E-state index contributed by atoms with van der Waals surface area (Å²) in [5.41, 5.74) is 0.692. The number of alkyl halides is 3. The molecule has 0 aliphatic heterocycles. The summed E-state index contributed by atoms with van der Waals surface area (Å²) in [4.78, 5) is 0. The topological polar surface area (TPSA) is 33.3 Å². The molecule has 0 aliphatic rings. The molecule has 2 aromatic rings. The summed E-state index contributed by atoms with van der Waals surface area (Å²) in [5, 5.41) is 5.85. The molecule has 2 aromatic carbocycles. The Balaban J connectivity index is 2.06. The van der Waals surface area contributed by atoms with Crippen molar-refractivity contribution in [2.75, 3.05) is 12.4 Å². The summed E-state index contributed by atoms with van der Waals surface area (Å²) in [6.07, 6.45) is -4.61. The second kappa shape index (κ2) is 7.69. The number of benzene rings is 2. The van der Waals surface area contributed by atoms with E-state index in [0.717, 1.165) is 17.7 Å². The molecule has 0 heterocycles. The second-order valence-corrected chi connectivity index (χ2v) is 5.77. The van der Waals surface area contributed by atoms with Crippen molar-refractivity contribution < 1.29 is 22.3 Å². The number of halogens is 4. The summed E-state index contributed by atoms with van der Waals surface area (Å²) in [7, 11) is 1.51. The summed E-state index contributed by atoms with van der Waals surface area (Å²) in [6, 6.07) is 7.81. The van der Waals surface area contributed by atoms with Gasteiger partial charge in [0.2, 0.25) is 0 Å². The number of aryl methyl sites for hydroxylation is 1. The van der Waals surface area contributed by atoms with E-state index in [0.29, 0.717) is 17.5 Å². The van der Waals surface area contributed by atoms with Gasteiger partial charge < -0.3 is 15.4 Å². The highest BCUT2D eigenvalue weighted by Gasteiger charge is 2.31. The molecular formula is C17H16F4N2OS. The van der Waals surface area contributed by atoms with E-state index >= 15 is 0 Å². The van der Waals surface area contributed by atoms with Crippen LogP contribution >= 0.6 is 12.2 Å². The van der Waals surface area contributed by atoms with Crippen LogP contribution in [0.15, 0.2) is 36.4 Å². The molecule has 2 N–H and O–H groups in total. The second-order valence-electron chi connectivity index (χ2n) is 5.36. The molecule has 0 amide bonds. The normalized spacial score (nSPS) is 11.1. The third kappa shape index (κ3) is 5.32. The molecule has 2 rings (SSSR count). The quantitative estimate of drug-likeness (QED) is 0.605. The molecule has 8 heteroatoms. The standard InChI is InChI=1S/C17H16F4N2OS/c1-10-3-4-15(24-2)14(5-10)23-16(25)22-9-11-6-12(17(19,20)21)8-13(18)7-11/h3-8H,9H2,1-2H3,(H2,22,23,25). The lowest BCUT2D eigenvalue weighted by Gasteiger charge is -2.15. The van der Waals surface area contributed by atoms with Crippen LogP contribution in [0.5, 0.6) is 5.75 Å². The first-order chi connectivity index (χ1) is 11.7. The van der Waals surface area contributed by atoms with Crippen molar-refractivity contribution >= 4 is 23.0 Å². The number of nitrogens with one attached hydrogen (secondary N) is 2. The highest BCUT2D eigenvalue weighted by Crippen LogP contribution is 2.30. The smallest absolute Gasteiger partial charge is 0.416 e. The Kier molecular flexibility index (Phi) is 5.84. The van der Waals surface area contributed by atoms with Crippen molar-refractivity contribution in [3.8, 4) is 5.75 Å². The van der Waals surface area contributed by atoms with Gasteiger partial charge in [0.15, 0.2) is 5.11 Å². The van der Waals surface area contributed by atoms with Crippen LogP contribution in [0.2, 0.25) is 0 Å². The van der Waals surface area contributed by atoms with Crippen molar-refractivity contribution in [2.24, 2.45) is 0 Å². The minimum Gasteiger partial charge on any atom is -0.495 e. The molecule has 0 aromatic heterocycles. The molecule has 0 atom stereocenters. The lowest BCUT2D eigenvalue weighted by Crippen LogP contribution is -2.28. The van der Waals surface area contributed by atoms with Gasteiger partial charge in [0, 0.05) is 6.54 Å². The third-order valence-corrected chi connectivity index (χ3v) is 3.59. The number of hydrogen-bond acceptors (Lipinski definition) is 2.